The molecule has 4 nitrogen and oxygen atoms in total. The molecule has 23 heavy (non-hydrogen) atoms. The summed E-state index contributed by atoms with van der Waals surface area (Å²) in [4.78, 5) is 0.276. The van der Waals surface area contributed by atoms with Gasteiger partial charge in [-0.2, -0.15) is 0 Å². The maximum atomic E-state index is 12.7. The van der Waals surface area contributed by atoms with Gasteiger partial charge in [0, 0.05) is 0 Å². The molecule has 0 bridgehead atoms. The minimum absolute atomic E-state index is 0.276. The average molecular weight is 333 g/mol. The maximum absolute atomic E-state index is 12.7. The number of rotatable bonds is 5. The van der Waals surface area contributed by atoms with Crippen molar-refractivity contribution in [3.63, 3.8) is 0 Å². The summed E-state index contributed by atoms with van der Waals surface area (Å²) in [5.74, 6) is 0.718. The highest BCUT2D eigenvalue weighted by Crippen LogP contribution is 2.28. The van der Waals surface area contributed by atoms with E-state index in [1.54, 1.807) is 25.1 Å². The lowest BCUT2D eigenvalue weighted by atomic mass is 10.1. The number of anilines is 1. The molecule has 0 aliphatic heterocycles. The Labute approximate surface area is 138 Å². The van der Waals surface area contributed by atoms with E-state index in [0.717, 1.165) is 22.4 Å². The van der Waals surface area contributed by atoms with E-state index in [9.17, 15) is 8.42 Å². The van der Waals surface area contributed by atoms with Crippen molar-refractivity contribution < 1.29 is 13.2 Å². The van der Waals surface area contributed by atoms with E-state index in [1.807, 2.05) is 39.8 Å². The van der Waals surface area contributed by atoms with Crippen molar-refractivity contribution in [2.24, 2.45) is 0 Å². The normalized spacial score (nSPS) is 11.3. The van der Waals surface area contributed by atoms with Crippen molar-refractivity contribution in [1.29, 1.82) is 0 Å². The summed E-state index contributed by atoms with van der Waals surface area (Å²) in [5, 5.41) is 0. The van der Waals surface area contributed by atoms with Gasteiger partial charge in [-0.15, -0.1) is 0 Å². The third kappa shape index (κ3) is 3.85. The quantitative estimate of drug-likeness (QED) is 0.895. The van der Waals surface area contributed by atoms with Gasteiger partial charge in [0.05, 0.1) is 17.2 Å². The number of hydrogen-bond donors (Lipinski definition) is 1. The molecule has 0 saturated heterocycles. The SMILES string of the molecule is CCOc1cc(C)c(S(=O)(=O)Nc2ccc(C)cc2C)cc1C. The minimum Gasteiger partial charge on any atom is -0.494 e. The highest BCUT2D eigenvalue weighted by atomic mass is 32.2. The molecule has 5 heteroatoms. The van der Waals surface area contributed by atoms with Gasteiger partial charge in [0.15, 0.2) is 0 Å². The van der Waals surface area contributed by atoms with Crippen LogP contribution in [0.5, 0.6) is 5.75 Å². The number of ether oxygens (including phenoxy) is 1. The van der Waals surface area contributed by atoms with Crippen LogP contribution in [0.25, 0.3) is 0 Å². The van der Waals surface area contributed by atoms with Gasteiger partial charge in [0.1, 0.15) is 5.75 Å². The molecule has 0 aromatic heterocycles. The van der Waals surface area contributed by atoms with Gasteiger partial charge < -0.3 is 4.74 Å². The topological polar surface area (TPSA) is 55.4 Å². The zero-order chi connectivity index (χ0) is 17.2. The summed E-state index contributed by atoms with van der Waals surface area (Å²) in [6, 6.07) is 9.07. The second kappa shape index (κ2) is 6.62. The van der Waals surface area contributed by atoms with E-state index < -0.39 is 10.0 Å². The zero-order valence-electron chi connectivity index (χ0n) is 14.2. The Bertz CT molecular complexity index is 826. The third-order valence-corrected chi connectivity index (χ3v) is 5.20. The average Bonchev–Trinajstić information content (AvgIpc) is 2.45. The molecule has 0 radical (unpaired) electrons. The first-order chi connectivity index (χ1) is 10.7. The Morgan fingerprint density at radius 2 is 1.65 bits per heavy atom. The second-order valence-corrected chi connectivity index (χ2v) is 7.39. The zero-order valence-corrected chi connectivity index (χ0v) is 15.0. The van der Waals surface area contributed by atoms with Crippen LogP contribution in [-0.4, -0.2) is 15.0 Å². The van der Waals surface area contributed by atoms with Crippen molar-refractivity contribution >= 4 is 15.7 Å². The van der Waals surface area contributed by atoms with Crippen LogP contribution < -0.4 is 9.46 Å². The molecule has 0 heterocycles. The molecule has 0 aliphatic rings. The molecule has 0 saturated carbocycles. The van der Waals surface area contributed by atoms with Gasteiger partial charge in [0.2, 0.25) is 0 Å². The fraction of sp³-hybridized carbons (Fsp3) is 0.333. The Kier molecular flexibility index (Phi) is 5.00. The summed E-state index contributed by atoms with van der Waals surface area (Å²) in [7, 11) is -3.64. The van der Waals surface area contributed by atoms with Crippen molar-refractivity contribution in [2.75, 3.05) is 11.3 Å². The van der Waals surface area contributed by atoms with Crippen molar-refractivity contribution in [1.82, 2.24) is 0 Å². The van der Waals surface area contributed by atoms with Gasteiger partial charge in [-0.05, 0) is 69.5 Å². The Morgan fingerprint density at radius 1 is 0.957 bits per heavy atom. The number of aryl methyl sites for hydroxylation is 4. The lowest BCUT2D eigenvalue weighted by Crippen LogP contribution is -2.15. The molecular formula is C18H23NO3S. The molecule has 0 unspecified atom stereocenters. The first-order valence-corrected chi connectivity index (χ1v) is 9.07. The molecule has 0 fully saturated rings. The van der Waals surface area contributed by atoms with Crippen LogP contribution in [0.1, 0.15) is 29.2 Å². The highest BCUT2D eigenvalue weighted by molar-refractivity contribution is 7.92. The first kappa shape index (κ1) is 17.3. The molecule has 2 aromatic carbocycles. The Hall–Kier alpha value is -2.01. The fourth-order valence-corrected chi connectivity index (χ4v) is 3.93. The summed E-state index contributed by atoms with van der Waals surface area (Å²) in [5.41, 5.74) is 4.06. The van der Waals surface area contributed by atoms with Gasteiger partial charge in [-0.3, -0.25) is 4.72 Å². The number of benzene rings is 2. The molecule has 0 spiro atoms. The molecule has 2 rings (SSSR count). The first-order valence-electron chi connectivity index (χ1n) is 7.58. The number of hydrogen-bond acceptors (Lipinski definition) is 3. The van der Waals surface area contributed by atoms with E-state index in [0.29, 0.717) is 17.9 Å². The van der Waals surface area contributed by atoms with Gasteiger partial charge in [0.25, 0.3) is 10.0 Å². The highest BCUT2D eigenvalue weighted by Gasteiger charge is 2.19. The maximum Gasteiger partial charge on any atom is 0.262 e. The van der Waals surface area contributed by atoms with E-state index in [1.165, 1.54) is 0 Å². The van der Waals surface area contributed by atoms with Crippen LogP contribution in [0.3, 0.4) is 0 Å². The predicted octanol–water partition coefficient (Wildman–Crippen LogP) is 4.12. The summed E-state index contributed by atoms with van der Waals surface area (Å²) in [6.07, 6.45) is 0. The number of nitrogens with one attached hydrogen (secondary N) is 1. The van der Waals surface area contributed by atoms with E-state index in [2.05, 4.69) is 4.72 Å². The van der Waals surface area contributed by atoms with Crippen molar-refractivity contribution in [2.45, 2.75) is 39.5 Å². The molecule has 0 atom stereocenters. The lowest BCUT2D eigenvalue weighted by molar-refractivity contribution is 0.337. The lowest BCUT2D eigenvalue weighted by Gasteiger charge is -2.15. The summed E-state index contributed by atoms with van der Waals surface area (Å²) >= 11 is 0. The summed E-state index contributed by atoms with van der Waals surface area (Å²) in [6.45, 7) is 9.94. The van der Waals surface area contributed by atoms with Crippen LogP contribution in [0.15, 0.2) is 35.2 Å². The molecule has 2 aromatic rings. The van der Waals surface area contributed by atoms with Crippen LogP contribution in [0.2, 0.25) is 0 Å². The Morgan fingerprint density at radius 3 is 2.26 bits per heavy atom. The van der Waals surface area contributed by atoms with Crippen molar-refractivity contribution in [3.05, 3.63) is 52.6 Å². The van der Waals surface area contributed by atoms with Crippen LogP contribution >= 0.6 is 0 Å². The molecular weight excluding hydrogens is 310 g/mol. The monoisotopic (exact) mass is 333 g/mol. The minimum atomic E-state index is -3.64. The van der Waals surface area contributed by atoms with Gasteiger partial charge in [-0.1, -0.05) is 17.7 Å². The van der Waals surface area contributed by atoms with Gasteiger partial charge >= 0.3 is 0 Å². The standard InChI is InChI=1S/C18H23NO3S/c1-6-22-17-10-15(5)18(11-14(17)4)23(20,21)19-16-8-7-12(2)9-13(16)3/h7-11,19H,6H2,1-5H3. The van der Waals surface area contributed by atoms with E-state index in [4.69, 9.17) is 4.74 Å². The molecule has 0 amide bonds. The van der Waals surface area contributed by atoms with Crippen LogP contribution in [0.4, 0.5) is 5.69 Å². The molecule has 124 valence electrons. The molecule has 1 N–H and O–H groups in total. The van der Waals surface area contributed by atoms with Crippen LogP contribution in [0, 0.1) is 27.7 Å². The largest absolute Gasteiger partial charge is 0.494 e. The Balaban J connectivity index is 2.41. The third-order valence-electron chi connectivity index (χ3n) is 3.69. The summed E-state index contributed by atoms with van der Waals surface area (Å²) < 4.78 is 33.7. The van der Waals surface area contributed by atoms with E-state index in [-0.39, 0.29) is 4.90 Å². The van der Waals surface area contributed by atoms with Gasteiger partial charge in [-0.25, -0.2) is 8.42 Å². The fourth-order valence-electron chi connectivity index (χ4n) is 2.49. The smallest absolute Gasteiger partial charge is 0.262 e. The number of sulfonamides is 1. The second-order valence-electron chi connectivity index (χ2n) is 5.74. The van der Waals surface area contributed by atoms with Crippen LogP contribution in [-0.2, 0) is 10.0 Å². The molecule has 0 aliphatic carbocycles. The predicted molar refractivity (Wildman–Crippen MR) is 93.8 cm³/mol. The van der Waals surface area contributed by atoms with E-state index >= 15 is 0 Å². The van der Waals surface area contributed by atoms with Crippen molar-refractivity contribution in [3.8, 4) is 5.75 Å².